The molecular formula is C33H24F2N4O4S. The van der Waals surface area contributed by atoms with Gasteiger partial charge in [0.2, 0.25) is 0 Å². The fourth-order valence-electron chi connectivity index (χ4n) is 5.02. The van der Waals surface area contributed by atoms with Crippen LogP contribution in [0.1, 0.15) is 28.0 Å². The smallest absolute Gasteiger partial charge is 0.269 e. The fraction of sp³-hybridized carbons (Fsp3) is 0.0909. The van der Waals surface area contributed by atoms with Gasteiger partial charge in [0.1, 0.15) is 0 Å². The van der Waals surface area contributed by atoms with E-state index in [4.69, 9.17) is 0 Å². The van der Waals surface area contributed by atoms with Gasteiger partial charge in [0.25, 0.3) is 15.6 Å². The zero-order chi connectivity index (χ0) is 30.8. The summed E-state index contributed by atoms with van der Waals surface area (Å²) < 4.78 is 56.3. The lowest BCUT2D eigenvalue weighted by molar-refractivity contribution is 0.0980. The van der Waals surface area contributed by atoms with Crippen molar-refractivity contribution >= 4 is 26.8 Å². The molecule has 0 amide bonds. The number of carbonyl (C=O) groups excluding carboxylic acids is 1. The van der Waals surface area contributed by atoms with Gasteiger partial charge < -0.3 is 4.57 Å². The number of halogens is 2. The molecule has 220 valence electrons. The number of fused-ring (bicyclic) bond motifs is 1. The average molecular weight is 611 g/mol. The molecule has 0 N–H and O–H groups in total. The summed E-state index contributed by atoms with van der Waals surface area (Å²) in [5, 5.41) is 0.631. The zero-order valence-electron chi connectivity index (χ0n) is 23.1. The monoisotopic (exact) mass is 610 g/mol. The number of aryl methyl sites for hydroxylation is 1. The lowest BCUT2D eigenvalue weighted by atomic mass is 10.0. The van der Waals surface area contributed by atoms with Crippen molar-refractivity contribution in [2.24, 2.45) is 0 Å². The van der Waals surface area contributed by atoms with E-state index in [0.29, 0.717) is 27.8 Å². The van der Waals surface area contributed by atoms with Gasteiger partial charge in [0.05, 0.1) is 17.0 Å². The molecule has 0 spiro atoms. The van der Waals surface area contributed by atoms with Crippen LogP contribution in [0.3, 0.4) is 0 Å². The van der Waals surface area contributed by atoms with Crippen LogP contribution in [-0.4, -0.2) is 32.7 Å². The second kappa shape index (κ2) is 11.8. The molecule has 2 aromatic carbocycles. The summed E-state index contributed by atoms with van der Waals surface area (Å²) in [7, 11) is -3.92. The van der Waals surface area contributed by atoms with Crippen LogP contribution in [0.4, 0.5) is 8.78 Å². The van der Waals surface area contributed by atoms with Crippen molar-refractivity contribution in [2.75, 3.05) is 0 Å². The van der Waals surface area contributed by atoms with Crippen LogP contribution in [-0.2, 0) is 23.0 Å². The third-order valence-corrected chi connectivity index (χ3v) is 8.89. The van der Waals surface area contributed by atoms with Crippen molar-refractivity contribution in [3.63, 3.8) is 0 Å². The molecule has 44 heavy (non-hydrogen) atoms. The molecule has 0 saturated carbocycles. The Morgan fingerprint density at radius 1 is 0.841 bits per heavy atom. The quantitative estimate of drug-likeness (QED) is 0.196. The van der Waals surface area contributed by atoms with Crippen LogP contribution >= 0.6 is 0 Å². The van der Waals surface area contributed by atoms with Crippen LogP contribution in [0.15, 0.2) is 119 Å². The van der Waals surface area contributed by atoms with Crippen LogP contribution in [0.2, 0.25) is 0 Å². The second-order valence-corrected chi connectivity index (χ2v) is 11.9. The Labute approximate surface area is 251 Å². The van der Waals surface area contributed by atoms with E-state index in [1.807, 2.05) is 0 Å². The number of hydrogen-bond donors (Lipinski definition) is 0. The minimum absolute atomic E-state index is 0.00736. The zero-order valence-corrected chi connectivity index (χ0v) is 23.9. The van der Waals surface area contributed by atoms with E-state index in [9.17, 15) is 26.8 Å². The van der Waals surface area contributed by atoms with Crippen molar-refractivity contribution in [3.05, 3.63) is 149 Å². The van der Waals surface area contributed by atoms with Gasteiger partial charge >= 0.3 is 0 Å². The molecule has 0 aliphatic heterocycles. The molecular weight excluding hydrogens is 586 g/mol. The number of ketones is 1. The van der Waals surface area contributed by atoms with E-state index in [0.717, 1.165) is 16.1 Å². The van der Waals surface area contributed by atoms with E-state index >= 15 is 0 Å². The Hall–Kier alpha value is -5.29. The molecule has 4 aromatic heterocycles. The normalized spacial score (nSPS) is 11.6. The van der Waals surface area contributed by atoms with Crippen molar-refractivity contribution in [1.82, 2.24) is 18.5 Å². The number of hydrogen-bond acceptors (Lipinski definition) is 6. The Morgan fingerprint density at radius 2 is 1.66 bits per heavy atom. The van der Waals surface area contributed by atoms with Gasteiger partial charge in [0.15, 0.2) is 23.1 Å². The SMILES string of the molecule is O=C(CCc1cc(-c2cn(S(=O)(=O)c3ccccc3)c3ncccc23)ccn1)c1cccn(Cc2ccc(F)c(F)c2)c1=O. The maximum atomic E-state index is 13.6. The molecule has 0 atom stereocenters. The summed E-state index contributed by atoms with van der Waals surface area (Å²) in [6, 6.07) is 21.5. The van der Waals surface area contributed by atoms with Crippen molar-refractivity contribution in [2.45, 2.75) is 24.3 Å². The van der Waals surface area contributed by atoms with E-state index in [1.54, 1.807) is 54.7 Å². The minimum atomic E-state index is -3.92. The molecule has 0 saturated heterocycles. The van der Waals surface area contributed by atoms with Gasteiger partial charge in [-0.15, -0.1) is 0 Å². The summed E-state index contributed by atoms with van der Waals surface area (Å²) in [4.78, 5) is 35.0. The molecule has 6 rings (SSSR count). The lowest BCUT2D eigenvalue weighted by Gasteiger charge is -2.09. The molecule has 11 heteroatoms. The van der Waals surface area contributed by atoms with Crippen LogP contribution in [0.25, 0.3) is 22.2 Å². The van der Waals surface area contributed by atoms with Crippen molar-refractivity contribution < 1.29 is 22.0 Å². The molecule has 6 aromatic rings. The van der Waals surface area contributed by atoms with Gasteiger partial charge in [-0.3, -0.25) is 14.6 Å². The topological polar surface area (TPSA) is 104 Å². The highest BCUT2D eigenvalue weighted by Gasteiger charge is 2.23. The first-order valence-electron chi connectivity index (χ1n) is 13.6. The highest BCUT2D eigenvalue weighted by atomic mass is 32.2. The van der Waals surface area contributed by atoms with E-state index < -0.39 is 33.0 Å². The number of aromatic nitrogens is 4. The average Bonchev–Trinajstić information content (AvgIpc) is 3.44. The first-order chi connectivity index (χ1) is 21.2. The van der Waals surface area contributed by atoms with Crippen molar-refractivity contribution in [1.29, 1.82) is 0 Å². The van der Waals surface area contributed by atoms with Crippen LogP contribution in [0.5, 0.6) is 0 Å². The number of benzene rings is 2. The number of pyridine rings is 3. The predicted octanol–water partition coefficient (Wildman–Crippen LogP) is 5.64. The number of carbonyl (C=O) groups is 1. The predicted molar refractivity (Wildman–Crippen MR) is 161 cm³/mol. The van der Waals surface area contributed by atoms with Gasteiger partial charge in [0, 0.05) is 47.9 Å². The number of Topliss-reactive ketones (excluding diaryl/α,β-unsaturated/α-hetero) is 1. The number of nitrogens with zero attached hydrogens (tertiary/aromatic N) is 4. The first kappa shape index (κ1) is 28.8. The summed E-state index contributed by atoms with van der Waals surface area (Å²) >= 11 is 0. The largest absolute Gasteiger partial charge is 0.310 e. The number of rotatable bonds is 9. The molecule has 0 bridgehead atoms. The third kappa shape index (κ3) is 5.57. The van der Waals surface area contributed by atoms with Gasteiger partial charge in [-0.05, 0) is 78.2 Å². The van der Waals surface area contributed by atoms with Gasteiger partial charge in [-0.25, -0.2) is 26.2 Å². The molecule has 0 unspecified atom stereocenters. The summed E-state index contributed by atoms with van der Waals surface area (Å²) in [5.41, 5.74) is 2.00. The summed E-state index contributed by atoms with van der Waals surface area (Å²) in [6.45, 7) is -0.0246. The van der Waals surface area contributed by atoms with Gasteiger partial charge in [-0.2, -0.15) is 0 Å². The first-order valence-corrected chi connectivity index (χ1v) is 15.0. The van der Waals surface area contributed by atoms with E-state index in [-0.39, 0.29) is 35.5 Å². The Balaban J connectivity index is 1.24. The maximum absolute atomic E-state index is 13.6. The van der Waals surface area contributed by atoms with Crippen LogP contribution < -0.4 is 5.56 Å². The molecule has 0 radical (unpaired) electrons. The third-order valence-electron chi connectivity index (χ3n) is 7.23. The second-order valence-electron chi connectivity index (χ2n) is 10.1. The summed E-state index contributed by atoms with van der Waals surface area (Å²) in [5.74, 6) is -2.39. The highest BCUT2D eigenvalue weighted by Crippen LogP contribution is 2.32. The van der Waals surface area contributed by atoms with E-state index in [2.05, 4.69) is 9.97 Å². The fourth-order valence-corrected chi connectivity index (χ4v) is 6.36. The highest BCUT2D eigenvalue weighted by molar-refractivity contribution is 7.90. The Morgan fingerprint density at radius 3 is 2.45 bits per heavy atom. The minimum Gasteiger partial charge on any atom is -0.310 e. The molecule has 0 fully saturated rings. The summed E-state index contributed by atoms with van der Waals surface area (Å²) in [6.07, 6.45) is 6.34. The van der Waals surface area contributed by atoms with Gasteiger partial charge in [-0.1, -0.05) is 24.3 Å². The maximum Gasteiger partial charge on any atom is 0.269 e. The van der Waals surface area contributed by atoms with Crippen LogP contribution in [0, 0.1) is 11.6 Å². The lowest BCUT2D eigenvalue weighted by Crippen LogP contribution is -2.26. The molecule has 8 nitrogen and oxygen atoms in total. The standard InChI is InChI=1S/C33H24F2N4O4S/c34-29-12-10-22(18-30(29)35)20-38-17-5-9-27(33(38)41)31(40)13-11-24-19-23(14-16-36-24)28-21-39(32-26(28)8-4-15-37-32)44(42,43)25-6-2-1-3-7-25/h1-10,12,14-19,21H,11,13,20H2. The van der Waals surface area contributed by atoms with Crippen molar-refractivity contribution in [3.8, 4) is 11.1 Å². The molecule has 0 aliphatic carbocycles. The molecule has 4 heterocycles. The van der Waals surface area contributed by atoms with E-state index in [1.165, 1.54) is 47.4 Å². The Bertz CT molecular complexity index is 2200. The molecule has 0 aliphatic rings. The Kier molecular flexibility index (Phi) is 7.71.